The molecule has 0 fully saturated rings. The van der Waals surface area contributed by atoms with E-state index in [1.807, 2.05) is 20.8 Å². The SMILES string of the molecule is CCO[Si](CCCN(c1n[nH]c(N)n1)c1n[nH]c(N)n1)(OCC)OCC. The van der Waals surface area contributed by atoms with Crippen molar-refractivity contribution in [3.63, 3.8) is 0 Å². The van der Waals surface area contributed by atoms with Gasteiger partial charge in [-0.1, -0.05) is 0 Å². The van der Waals surface area contributed by atoms with Crippen LogP contribution in [0.4, 0.5) is 23.8 Å². The molecule has 12 nitrogen and oxygen atoms in total. The molecule has 2 aromatic rings. The minimum Gasteiger partial charge on any atom is -0.374 e. The van der Waals surface area contributed by atoms with Gasteiger partial charge in [-0.05, 0) is 27.2 Å². The summed E-state index contributed by atoms with van der Waals surface area (Å²) in [5, 5.41) is 13.4. The fraction of sp³-hybridized carbons (Fsp3) is 0.692. The lowest BCUT2D eigenvalue weighted by Crippen LogP contribution is -2.46. The van der Waals surface area contributed by atoms with Crippen LogP contribution in [0.3, 0.4) is 0 Å². The molecule has 2 rings (SSSR count). The van der Waals surface area contributed by atoms with Crippen molar-refractivity contribution in [3.05, 3.63) is 0 Å². The summed E-state index contributed by atoms with van der Waals surface area (Å²) in [6, 6.07) is 0.638. The van der Waals surface area contributed by atoms with Crippen LogP contribution in [0.2, 0.25) is 6.04 Å². The number of rotatable bonds is 12. The molecule has 0 amide bonds. The molecule has 0 saturated heterocycles. The summed E-state index contributed by atoms with van der Waals surface area (Å²) in [6.45, 7) is 7.90. The Kier molecular flexibility index (Phi) is 7.32. The Morgan fingerprint density at radius 3 is 1.69 bits per heavy atom. The van der Waals surface area contributed by atoms with Crippen LogP contribution < -0.4 is 16.4 Å². The van der Waals surface area contributed by atoms with Crippen molar-refractivity contribution in [3.8, 4) is 0 Å². The molecule has 13 heteroatoms. The number of nitrogens with zero attached hydrogens (tertiary/aromatic N) is 5. The van der Waals surface area contributed by atoms with Crippen LogP contribution >= 0.6 is 0 Å². The summed E-state index contributed by atoms with van der Waals surface area (Å²) in [5.74, 6) is 1.13. The summed E-state index contributed by atoms with van der Waals surface area (Å²) in [7, 11) is -2.73. The first-order chi connectivity index (χ1) is 12.5. The van der Waals surface area contributed by atoms with E-state index in [2.05, 4.69) is 30.4 Å². The predicted octanol–water partition coefficient (Wildman–Crippen LogP) is 0.664. The zero-order valence-corrected chi connectivity index (χ0v) is 16.4. The van der Waals surface area contributed by atoms with Gasteiger partial charge in [-0.25, -0.2) is 10.2 Å². The zero-order chi connectivity index (χ0) is 19.0. The number of hydrogen-bond donors (Lipinski definition) is 4. The highest BCUT2D eigenvalue weighted by molar-refractivity contribution is 6.60. The highest BCUT2D eigenvalue weighted by atomic mass is 28.4. The van der Waals surface area contributed by atoms with E-state index in [4.69, 9.17) is 24.7 Å². The number of H-pyrrole nitrogens is 2. The second kappa shape index (κ2) is 9.47. The Hall–Kier alpha value is -2.22. The van der Waals surface area contributed by atoms with Crippen molar-refractivity contribution in [2.24, 2.45) is 0 Å². The number of nitrogens with two attached hydrogens (primary N) is 2. The van der Waals surface area contributed by atoms with Crippen molar-refractivity contribution in [1.29, 1.82) is 0 Å². The summed E-state index contributed by atoms with van der Waals surface area (Å²) in [5.41, 5.74) is 11.3. The third kappa shape index (κ3) is 5.14. The lowest BCUT2D eigenvalue weighted by Gasteiger charge is -2.29. The first-order valence-corrected chi connectivity index (χ1v) is 10.5. The van der Waals surface area contributed by atoms with E-state index >= 15 is 0 Å². The maximum absolute atomic E-state index is 5.87. The van der Waals surface area contributed by atoms with Crippen molar-refractivity contribution >= 4 is 32.6 Å². The molecule has 0 unspecified atom stereocenters. The van der Waals surface area contributed by atoms with E-state index in [0.717, 1.165) is 0 Å². The molecule has 0 aliphatic carbocycles. The average molecular weight is 386 g/mol. The number of aromatic amines is 2. The topological polar surface area (TPSA) is 166 Å². The van der Waals surface area contributed by atoms with Crippen molar-refractivity contribution in [1.82, 2.24) is 30.4 Å². The largest absolute Gasteiger partial charge is 0.500 e. The van der Waals surface area contributed by atoms with E-state index in [1.54, 1.807) is 4.90 Å². The fourth-order valence-electron chi connectivity index (χ4n) is 2.52. The van der Waals surface area contributed by atoms with Crippen molar-refractivity contribution in [2.45, 2.75) is 33.2 Å². The molecule has 0 atom stereocenters. The average Bonchev–Trinajstić information content (AvgIpc) is 3.21. The predicted molar refractivity (Wildman–Crippen MR) is 98.7 cm³/mol. The molecule has 0 bridgehead atoms. The number of nitrogen functional groups attached to an aromatic ring is 2. The van der Waals surface area contributed by atoms with E-state index in [0.29, 0.717) is 50.7 Å². The summed E-state index contributed by atoms with van der Waals surface area (Å²) >= 11 is 0. The minimum atomic E-state index is -2.73. The molecule has 0 spiro atoms. The molecule has 146 valence electrons. The summed E-state index contributed by atoms with van der Waals surface area (Å²) < 4.78 is 17.6. The first kappa shape index (κ1) is 20.1. The van der Waals surface area contributed by atoms with Crippen LogP contribution in [0.1, 0.15) is 27.2 Å². The Bertz CT molecular complexity index is 608. The van der Waals surface area contributed by atoms with E-state index in [9.17, 15) is 0 Å². The zero-order valence-electron chi connectivity index (χ0n) is 15.4. The number of nitrogens with one attached hydrogen (secondary N) is 2. The molecule has 0 aliphatic rings. The van der Waals surface area contributed by atoms with Gasteiger partial charge in [0, 0.05) is 32.4 Å². The molecule has 2 aromatic heterocycles. The van der Waals surface area contributed by atoms with Crippen LogP contribution in [0, 0.1) is 0 Å². The van der Waals surface area contributed by atoms with E-state index in [-0.39, 0.29) is 11.9 Å². The number of hydrogen-bond acceptors (Lipinski definition) is 10. The number of aromatic nitrogens is 6. The van der Waals surface area contributed by atoms with Gasteiger partial charge in [0.25, 0.3) is 11.9 Å². The third-order valence-electron chi connectivity index (χ3n) is 3.42. The molecular weight excluding hydrogens is 358 g/mol. The Balaban J connectivity index is 2.10. The molecule has 2 heterocycles. The Labute approximate surface area is 153 Å². The molecule has 26 heavy (non-hydrogen) atoms. The van der Waals surface area contributed by atoms with Gasteiger partial charge in [0.15, 0.2) is 0 Å². The molecule has 6 N–H and O–H groups in total. The van der Waals surface area contributed by atoms with Crippen LogP contribution in [-0.4, -0.2) is 65.5 Å². The van der Waals surface area contributed by atoms with Gasteiger partial charge in [0.2, 0.25) is 11.9 Å². The molecule has 0 saturated carbocycles. The Morgan fingerprint density at radius 2 is 1.35 bits per heavy atom. The number of anilines is 4. The van der Waals surface area contributed by atoms with E-state index in [1.165, 1.54) is 0 Å². The maximum atomic E-state index is 5.87. The first-order valence-electron chi connectivity index (χ1n) is 8.58. The maximum Gasteiger partial charge on any atom is 0.500 e. The molecule has 0 radical (unpaired) electrons. The third-order valence-corrected chi connectivity index (χ3v) is 6.57. The van der Waals surface area contributed by atoms with Gasteiger partial charge >= 0.3 is 8.80 Å². The smallest absolute Gasteiger partial charge is 0.374 e. The van der Waals surface area contributed by atoms with E-state index < -0.39 is 8.80 Å². The van der Waals surface area contributed by atoms with Crippen molar-refractivity contribution in [2.75, 3.05) is 42.7 Å². The molecular formula is C13H27N9O3Si. The van der Waals surface area contributed by atoms with Gasteiger partial charge in [-0.2, -0.15) is 9.97 Å². The summed E-state index contributed by atoms with van der Waals surface area (Å²) in [6.07, 6.45) is 0.690. The van der Waals surface area contributed by atoms with Gasteiger partial charge < -0.3 is 24.7 Å². The highest BCUT2D eigenvalue weighted by Gasteiger charge is 2.40. The highest BCUT2D eigenvalue weighted by Crippen LogP contribution is 2.23. The lowest BCUT2D eigenvalue weighted by molar-refractivity contribution is 0.0710. The van der Waals surface area contributed by atoms with Gasteiger partial charge in [-0.15, -0.1) is 10.2 Å². The van der Waals surface area contributed by atoms with Crippen molar-refractivity contribution < 1.29 is 13.3 Å². The van der Waals surface area contributed by atoms with Crippen LogP contribution in [0.5, 0.6) is 0 Å². The standard InChI is InChI=1S/C13H27N9O3Si/c1-4-23-26(24-5-2,25-6-3)9-7-8-22(12-16-10(14)18-20-12)13-17-11(15)19-21-13/h4-9H2,1-3H3,(H3,14,16,18,20)(H3,15,17,19,21). The molecule has 0 aliphatic heterocycles. The fourth-order valence-corrected chi connectivity index (χ4v) is 5.11. The lowest BCUT2D eigenvalue weighted by atomic mass is 10.4. The van der Waals surface area contributed by atoms with Gasteiger partial charge in [-0.3, -0.25) is 4.90 Å². The van der Waals surface area contributed by atoms with Crippen LogP contribution in [-0.2, 0) is 13.3 Å². The monoisotopic (exact) mass is 385 g/mol. The second-order valence-electron chi connectivity index (χ2n) is 5.28. The van der Waals surface area contributed by atoms with Crippen LogP contribution in [0.15, 0.2) is 0 Å². The summed E-state index contributed by atoms with van der Waals surface area (Å²) in [4.78, 5) is 9.99. The second-order valence-corrected chi connectivity index (χ2v) is 8.01. The van der Waals surface area contributed by atoms with Gasteiger partial charge in [0.1, 0.15) is 0 Å². The molecule has 0 aromatic carbocycles. The normalized spacial score (nSPS) is 11.8. The van der Waals surface area contributed by atoms with Gasteiger partial charge in [0.05, 0.1) is 0 Å². The quantitative estimate of drug-likeness (QED) is 0.381. The minimum absolute atomic E-state index is 0.204. The van der Waals surface area contributed by atoms with Crippen LogP contribution in [0.25, 0.3) is 0 Å². The Morgan fingerprint density at radius 1 is 0.885 bits per heavy atom.